The molecule has 0 fully saturated rings. The van der Waals surface area contributed by atoms with Gasteiger partial charge in [0.25, 0.3) is 10.0 Å². The molecule has 1 heterocycles. The number of hydrogen-bond acceptors (Lipinski definition) is 9. The van der Waals surface area contributed by atoms with Crippen LogP contribution in [0.5, 0.6) is 0 Å². The van der Waals surface area contributed by atoms with Crippen molar-refractivity contribution < 1.29 is 40.7 Å². The van der Waals surface area contributed by atoms with Gasteiger partial charge in [0, 0.05) is 18.1 Å². The van der Waals surface area contributed by atoms with E-state index in [1.54, 1.807) is 0 Å². The highest BCUT2D eigenvalue weighted by Crippen LogP contribution is 2.36. The summed E-state index contributed by atoms with van der Waals surface area (Å²) in [7, 11) is -4.16. The fraction of sp³-hybridized carbons (Fsp3) is 0.333. The van der Waals surface area contributed by atoms with Crippen LogP contribution in [0.1, 0.15) is 13.8 Å². The van der Waals surface area contributed by atoms with Crippen molar-refractivity contribution in [3.63, 3.8) is 0 Å². The maximum Gasteiger partial charge on any atom is 0.433 e. The number of benzene rings is 1. The second-order valence-corrected chi connectivity index (χ2v) is 7.70. The maximum atomic E-state index is 13.9. The van der Waals surface area contributed by atoms with E-state index in [1.165, 1.54) is 32.3 Å². The molecule has 10 nitrogen and oxygen atoms in total. The molecule has 0 bridgehead atoms. The Balaban J connectivity index is 2.40. The molecule has 0 aliphatic heterocycles. The number of nitrogens with one attached hydrogen (secondary N) is 2. The Kier molecular flexibility index (Phi) is 7.61. The van der Waals surface area contributed by atoms with Gasteiger partial charge >= 0.3 is 23.7 Å². The molecule has 0 amide bonds. The Morgan fingerprint density at radius 2 is 1.47 bits per heavy atom. The largest absolute Gasteiger partial charge is 0.464 e. The fourth-order valence-electron chi connectivity index (χ4n) is 2.43. The highest BCUT2D eigenvalue weighted by Gasteiger charge is 2.69. The number of carbonyl (C=O) groups excluding carboxylic acids is 2. The third-order valence-corrected chi connectivity index (χ3v) is 5.22. The van der Waals surface area contributed by atoms with Crippen molar-refractivity contribution in [3.05, 3.63) is 42.7 Å². The zero-order chi connectivity index (χ0) is 24.0. The Hall–Kier alpha value is -3.42. The second kappa shape index (κ2) is 9.80. The van der Waals surface area contributed by atoms with Crippen LogP contribution in [0.25, 0.3) is 0 Å². The average molecular weight is 476 g/mol. The molecule has 0 saturated heterocycles. The molecule has 14 heteroatoms. The van der Waals surface area contributed by atoms with Gasteiger partial charge in [-0.25, -0.2) is 32.7 Å². The first-order chi connectivity index (χ1) is 15.0. The molecule has 2 rings (SSSR count). The van der Waals surface area contributed by atoms with Crippen LogP contribution in [0.4, 0.5) is 24.8 Å². The molecule has 0 radical (unpaired) electrons. The van der Waals surface area contributed by atoms with Crippen molar-refractivity contribution in [2.45, 2.75) is 30.5 Å². The average Bonchev–Trinajstić information content (AvgIpc) is 2.72. The molecule has 1 aromatic heterocycles. The molecule has 0 saturated carbocycles. The first-order valence-corrected chi connectivity index (χ1v) is 10.6. The summed E-state index contributed by atoms with van der Waals surface area (Å²) in [5, 5.41) is 1.82. The molecule has 174 valence electrons. The standard InChI is InChI=1S/C18H19F3N4O6S/c1-3-30-14(26)17(18(19,20)21,15(27)31-4-2)24-12-6-8-13(9-7-12)32(28,29)25-16-22-10-5-11-23-16/h5-11,24H,3-4H2,1-2H3,(H,22,23,25). The summed E-state index contributed by atoms with van der Waals surface area (Å²) in [5.41, 5.74) is -4.24. The monoisotopic (exact) mass is 476 g/mol. The van der Waals surface area contributed by atoms with Gasteiger partial charge in [-0.05, 0) is 44.2 Å². The minimum atomic E-state index is -5.44. The predicted octanol–water partition coefficient (Wildman–Crippen LogP) is 2.12. The smallest absolute Gasteiger partial charge is 0.433 e. The van der Waals surface area contributed by atoms with Crippen LogP contribution in [0, 0.1) is 0 Å². The number of nitrogens with zero attached hydrogens (tertiary/aromatic N) is 2. The first-order valence-electron chi connectivity index (χ1n) is 9.07. The Bertz CT molecular complexity index is 1030. The zero-order valence-corrected chi connectivity index (χ0v) is 17.7. The number of rotatable bonds is 9. The Labute approximate surface area is 181 Å². The zero-order valence-electron chi connectivity index (χ0n) is 16.8. The lowest BCUT2D eigenvalue weighted by Crippen LogP contribution is -2.64. The van der Waals surface area contributed by atoms with Gasteiger partial charge in [0.1, 0.15) is 0 Å². The van der Waals surface area contributed by atoms with Gasteiger partial charge in [0.05, 0.1) is 18.1 Å². The lowest BCUT2D eigenvalue weighted by atomic mass is 9.98. The van der Waals surface area contributed by atoms with E-state index in [4.69, 9.17) is 0 Å². The van der Waals surface area contributed by atoms with Crippen LogP contribution in [-0.4, -0.2) is 55.3 Å². The second-order valence-electron chi connectivity index (χ2n) is 6.02. The minimum absolute atomic E-state index is 0.213. The normalized spacial score (nSPS) is 12.0. The van der Waals surface area contributed by atoms with E-state index in [0.717, 1.165) is 24.3 Å². The lowest BCUT2D eigenvalue weighted by molar-refractivity contribution is -0.211. The number of alkyl halides is 3. The SMILES string of the molecule is CCOC(=O)C(Nc1ccc(S(=O)(=O)Nc2ncccn2)cc1)(C(=O)OCC)C(F)(F)F. The van der Waals surface area contributed by atoms with Crippen molar-refractivity contribution in [1.82, 2.24) is 9.97 Å². The highest BCUT2D eigenvalue weighted by molar-refractivity contribution is 7.92. The van der Waals surface area contributed by atoms with Crippen molar-refractivity contribution in [3.8, 4) is 0 Å². The summed E-state index contributed by atoms with van der Waals surface area (Å²) in [6, 6.07) is 5.28. The summed E-state index contributed by atoms with van der Waals surface area (Å²) in [6.07, 6.45) is -2.83. The number of halogens is 3. The molecule has 0 aliphatic carbocycles. The van der Waals surface area contributed by atoms with Crippen molar-refractivity contribution in [2.24, 2.45) is 0 Å². The summed E-state index contributed by atoms with van der Waals surface area (Å²) in [5.74, 6) is -4.04. The van der Waals surface area contributed by atoms with Gasteiger partial charge < -0.3 is 14.8 Å². The number of hydrogen-bond donors (Lipinski definition) is 2. The van der Waals surface area contributed by atoms with E-state index >= 15 is 0 Å². The minimum Gasteiger partial charge on any atom is -0.464 e. The fourth-order valence-corrected chi connectivity index (χ4v) is 3.39. The molecule has 2 N–H and O–H groups in total. The van der Waals surface area contributed by atoms with Gasteiger partial charge in [-0.2, -0.15) is 13.2 Å². The van der Waals surface area contributed by atoms with Crippen molar-refractivity contribution >= 4 is 33.6 Å². The van der Waals surface area contributed by atoms with E-state index in [0.29, 0.717) is 0 Å². The third-order valence-electron chi connectivity index (χ3n) is 3.88. The molecule has 0 atom stereocenters. The molecule has 1 aromatic carbocycles. The van der Waals surface area contributed by atoms with E-state index in [-0.39, 0.29) is 10.8 Å². The number of ether oxygens (including phenoxy) is 2. The topological polar surface area (TPSA) is 137 Å². The highest BCUT2D eigenvalue weighted by atomic mass is 32.2. The van der Waals surface area contributed by atoms with Gasteiger partial charge in [-0.3, -0.25) is 0 Å². The number of aromatic nitrogens is 2. The Morgan fingerprint density at radius 3 is 1.91 bits per heavy atom. The van der Waals surface area contributed by atoms with E-state index in [9.17, 15) is 31.2 Å². The van der Waals surface area contributed by atoms with Crippen LogP contribution < -0.4 is 10.0 Å². The van der Waals surface area contributed by atoms with Crippen LogP contribution in [-0.2, 0) is 29.1 Å². The molecule has 0 aliphatic rings. The van der Waals surface area contributed by atoms with E-state index in [1.807, 2.05) is 5.32 Å². The summed E-state index contributed by atoms with van der Waals surface area (Å²) in [4.78, 5) is 31.6. The quantitative estimate of drug-likeness (QED) is 0.412. The molecular weight excluding hydrogens is 457 g/mol. The van der Waals surface area contributed by atoms with Crippen LogP contribution in [0.15, 0.2) is 47.6 Å². The van der Waals surface area contributed by atoms with Crippen molar-refractivity contribution in [2.75, 3.05) is 23.3 Å². The van der Waals surface area contributed by atoms with Crippen LogP contribution >= 0.6 is 0 Å². The molecule has 0 spiro atoms. The predicted molar refractivity (Wildman–Crippen MR) is 105 cm³/mol. The molecular formula is C18H19F3N4O6S. The van der Waals surface area contributed by atoms with E-state index in [2.05, 4.69) is 24.2 Å². The number of anilines is 2. The van der Waals surface area contributed by atoms with Crippen LogP contribution in [0.2, 0.25) is 0 Å². The van der Waals surface area contributed by atoms with Gasteiger partial charge in [0.2, 0.25) is 5.95 Å². The Morgan fingerprint density at radius 1 is 0.969 bits per heavy atom. The molecule has 32 heavy (non-hydrogen) atoms. The molecule has 0 unspecified atom stereocenters. The lowest BCUT2D eigenvalue weighted by Gasteiger charge is -2.32. The number of carbonyl (C=O) groups is 2. The van der Waals surface area contributed by atoms with Crippen molar-refractivity contribution in [1.29, 1.82) is 0 Å². The third kappa shape index (κ3) is 5.25. The number of sulfonamides is 1. The van der Waals surface area contributed by atoms with E-state index < -0.39 is 52.6 Å². The number of esters is 2. The van der Waals surface area contributed by atoms with Gasteiger partial charge in [0.15, 0.2) is 0 Å². The first kappa shape index (κ1) is 24.8. The maximum absolute atomic E-state index is 13.9. The summed E-state index contributed by atoms with van der Waals surface area (Å²) in [6.45, 7) is 1.69. The molecule has 2 aromatic rings. The van der Waals surface area contributed by atoms with Crippen LogP contribution in [0.3, 0.4) is 0 Å². The summed E-state index contributed by atoms with van der Waals surface area (Å²) < 4.78 is 77.7. The van der Waals surface area contributed by atoms with Gasteiger partial charge in [-0.15, -0.1) is 0 Å². The van der Waals surface area contributed by atoms with Gasteiger partial charge in [-0.1, -0.05) is 0 Å². The summed E-state index contributed by atoms with van der Waals surface area (Å²) >= 11 is 0.